The van der Waals surface area contributed by atoms with Gasteiger partial charge in [-0.15, -0.1) is 0 Å². The van der Waals surface area contributed by atoms with Gasteiger partial charge in [-0.3, -0.25) is 4.79 Å². The number of hydrogen-bond donors (Lipinski definition) is 1. The van der Waals surface area contributed by atoms with Gasteiger partial charge in [0.05, 0.1) is 12.8 Å². The van der Waals surface area contributed by atoms with Crippen molar-refractivity contribution in [3.05, 3.63) is 18.2 Å². The normalized spacial score (nSPS) is 16.0. The molecule has 1 fully saturated rings. The minimum absolute atomic E-state index is 0.0197. The molecule has 1 heterocycles. The highest BCUT2D eigenvalue weighted by molar-refractivity contribution is 5.82. The number of carbonyl (C=O) groups excluding carboxylic acids is 1. The summed E-state index contributed by atoms with van der Waals surface area (Å²) in [5.41, 5.74) is 6.96. The van der Waals surface area contributed by atoms with Crippen LogP contribution in [0.1, 0.15) is 0 Å². The van der Waals surface area contributed by atoms with Crippen molar-refractivity contribution in [2.75, 3.05) is 43.9 Å². The molecule has 21 heavy (non-hydrogen) atoms. The number of ether oxygens (including phenoxy) is 1. The Morgan fingerprint density at radius 3 is 2.38 bits per heavy atom. The van der Waals surface area contributed by atoms with Crippen LogP contribution in [0.25, 0.3) is 0 Å². The zero-order chi connectivity index (χ0) is 15.6. The van der Waals surface area contributed by atoms with Crippen molar-refractivity contribution in [3.8, 4) is 5.75 Å². The maximum absolute atomic E-state index is 12.4. The van der Waals surface area contributed by atoms with Crippen molar-refractivity contribution in [1.29, 1.82) is 0 Å². The molecule has 0 aliphatic carbocycles. The molecule has 1 aliphatic rings. The molecule has 116 valence electrons. The van der Waals surface area contributed by atoms with E-state index in [0.29, 0.717) is 24.5 Å². The van der Waals surface area contributed by atoms with Crippen molar-refractivity contribution in [1.82, 2.24) is 4.90 Å². The largest absolute Gasteiger partial charge is 0.495 e. The fourth-order valence-corrected chi connectivity index (χ4v) is 2.29. The van der Waals surface area contributed by atoms with E-state index in [2.05, 4.69) is 0 Å². The summed E-state index contributed by atoms with van der Waals surface area (Å²) in [6, 6.07) is 5.11. The Morgan fingerprint density at radius 1 is 1.24 bits per heavy atom. The van der Waals surface area contributed by atoms with Crippen molar-refractivity contribution < 1.29 is 22.7 Å². The average molecular weight is 303 g/mol. The molecule has 2 N–H and O–H groups in total. The molecule has 1 aromatic carbocycles. The van der Waals surface area contributed by atoms with Crippen LogP contribution in [-0.4, -0.2) is 50.3 Å². The minimum Gasteiger partial charge on any atom is -0.495 e. The van der Waals surface area contributed by atoms with Gasteiger partial charge in [0.2, 0.25) is 0 Å². The lowest BCUT2D eigenvalue weighted by Crippen LogP contribution is -2.52. The Labute approximate surface area is 120 Å². The summed E-state index contributed by atoms with van der Waals surface area (Å²) in [4.78, 5) is 13.9. The van der Waals surface area contributed by atoms with Gasteiger partial charge in [0.25, 0.3) is 0 Å². The molecule has 0 bridgehead atoms. The Kier molecular flexibility index (Phi) is 4.15. The summed E-state index contributed by atoms with van der Waals surface area (Å²) >= 11 is 0. The molecule has 0 saturated carbocycles. The first-order chi connectivity index (χ1) is 9.82. The topological polar surface area (TPSA) is 58.8 Å². The SMILES string of the molecule is COc1cc(N)ccc1N1CCN(C(=O)C(F)(F)F)CC1. The fraction of sp³-hybridized carbons (Fsp3) is 0.462. The third kappa shape index (κ3) is 3.32. The number of rotatable bonds is 2. The molecule has 0 spiro atoms. The molecule has 1 aromatic rings. The van der Waals surface area contributed by atoms with E-state index in [9.17, 15) is 18.0 Å². The second-order valence-electron chi connectivity index (χ2n) is 4.71. The Bertz CT molecular complexity index is 526. The molecule has 1 amide bonds. The van der Waals surface area contributed by atoms with E-state index in [1.807, 2.05) is 4.90 Å². The first kappa shape index (κ1) is 15.3. The molecule has 1 saturated heterocycles. The zero-order valence-electron chi connectivity index (χ0n) is 11.5. The highest BCUT2D eigenvalue weighted by Gasteiger charge is 2.43. The molecule has 0 radical (unpaired) electrons. The van der Waals surface area contributed by atoms with Crippen molar-refractivity contribution >= 4 is 17.3 Å². The van der Waals surface area contributed by atoms with Gasteiger partial charge in [-0.25, -0.2) is 0 Å². The Balaban J connectivity index is 2.06. The van der Waals surface area contributed by atoms with Crippen LogP contribution in [0.3, 0.4) is 0 Å². The molecule has 2 rings (SSSR count). The van der Waals surface area contributed by atoms with E-state index in [4.69, 9.17) is 10.5 Å². The second-order valence-corrected chi connectivity index (χ2v) is 4.71. The summed E-state index contributed by atoms with van der Waals surface area (Å²) < 4.78 is 42.4. The molecule has 0 aromatic heterocycles. The summed E-state index contributed by atoms with van der Waals surface area (Å²) in [5.74, 6) is -1.22. The number of nitrogen functional groups attached to an aromatic ring is 1. The summed E-state index contributed by atoms with van der Waals surface area (Å²) in [6.45, 7) is 0.655. The lowest BCUT2D eigenvalue weighted by atomic mass is 10.2. The maximum atomic E-state index is 12.4. The number of anilines is 2. The van der Waals surface area contributed by atoms with Crippen molar-refractivity contribution in [2.45, 2.75) is 6.18 Å². The lowest BCUT2D eigenvalue weighted by Gasteiger charge is -2.36. The smallest absolute Gasteiger partial charge is 0.471 e. The Morgan fingerprint density at radius 2 is 1.86 bits per heavy atom. The van der Waals surface area contributed by atoms with Gasteiger partial charge >= 0.3 is 12.1 Å². The van der Waals surface area contributed by atoms with Gasteiger partial charge in [-0.1, -0.05) is 0 Å². The number of alkyl halides is 3. The number of amides is 1. The first-order valence-corrected chi connectivity index (χ1v) is 6.37. The predicted molar refractivity (Wildman–Crippen MR) is 72.3 cm³/mol. The standard InChI is InChI=1S/C13H16F3N3O2/c1-21-11-8-9(17)2-3-10(11)18-4-6-19(7-5-18)12(20)13(14,15)16/h2-3,8H,4-7,17H2,1H3. The van der Waals surface area contributed by atoms with E-state index in [0.717, 1.165) is 10.6 Å². The number of nitrogens with zero attached hydrogens (tertiary/aromatic N) is 2. The number of hydrogen-bond acceptors (Lipinski definition) is 4. The van der Waals surface area contributed by atoms with Crippen LogP contribution in [-0.2, 0) is 4.79 Å². The number of carbonyl (C=O) groups is 1. The van der Waals surface area contributed by atoms with Crippen LogP contribution in [0.2, 0.25) is 0 Å². The lowest BCUT2D eigenvalue weighted by molar-refractivity contribution is -0.185. The van der Waals surface area contributed by atoms with Gasteiger partial charge in [0, 0.05) is 37.9 Å². The van der Waals surface area contributed by atoms with E-state index in [1.54, 1.807) is 18.2 Å². The van der Waals surface area contributed by atoms with E-state index in [-0.39, 0.29) is 13.1 Å². The quantitative estimate of drug-likeness (QED) is 0.841. The molecule has 0 atom stereocenters. The first-order valence-electron chi connectivity index (χ1n) is 6.37. The highest BCUT2D eigenvalue weighted by Crippen LogP contribution is 2.31. The van der Waals surface area contributed by atoms with Crippen LogP contribution < -0.4 is 15.4 Å². The van der Waals surface area contributed by atoms with Crippen LogP contribution in [0.5, 0.6) is 5.75 Å². The molecule has 8 heteroatoms. The van der Waals surface area contributed by atoms with Gasteiger partial charge in [0.15, 0.2) is 0 Å². The third-order valence-electron chi connectivity index (χ3n) is 3.35. The molecular weight excluding hydrogens is 287 g/mol. The summed E-state index contributed by atoms with van der Waals surface area (Å²) in [7, 11) is 1.50. The zero-order valence-corrected chi connectivity index (χ0v) is 11.5. The van der Waals surface area contributed by atoms with Crippen molar-refractivity contribution in [3.63, 3.8) is 0 Å². The number of halogens is 3. The van der Waals surface area contributed by atoms with Crippen LogP contribution in [0, 0.1) is 0 Å². The van der Waals surface area contributed by atoms with Crippen molar-refractivity contribution in [2.24, 2.45) is 0 Å². The predicted octanol–water partition coefficient (Wildman–Crippen LogP) is 1.49. The molecule has 5 nitrogen and oxygen atoms in total. The van der Waals surface area contributed by atoms with Gasteiger partial charge in [0.1, 0.15) is 5.75 Å². The third-order valence-corrected chi connectivity index (χ3v) is 3.35. The van der Waals surface area contributed by atoms with Crippen LogP contribution >= 0.6 is 0 Å². The van der Waals surface area contributed by atoms with E-state index >= 15 is 0 Å². The average Bonchev–Trinajstić information content (AvgIpc) is 2.45. The number of benzene rings is 1. The van der Waals surface area contributed by atoms with Crippen LogP contribution in [0.4, 0.5) is 24.5 Å². The molecule has 0 unspecified atom stereocenters. The summed E-state index contributed by atoms with van der Waals surface area (Å²) in [5, 5.41) is 0. The number of methoxy groups -OCH3 is 1. The van der Waals surface area contributed by atoms with E-state index in [1.165, 1.54) is 7.11 Å². The Hall–Kier alpha value is -2.12. The summed E-state index contributed by atoms with van der Waals surface area (Å²) in [6.07, 6.45) is -4.82. The molecule has 1 aliphatic heterocycles. The van der Waals surface area contributed by atoms with Gasteiger partial charge in [-0.05, 0) is 12.1 Å². The number of piperazine rings is 1. The van der Waals surface area contributed by atoms with Gasteiger partial charge < -0.3 is 20.3 Å². The number of nitrogens with two attached hydrogens (primary N) is 1. The maximum Gasteiger partial charge on any atom is 0.471 e. The monoisotopic (exact) mass is 303 g/mol. The van der Waals surface area contributed by atoms with E-state index < -0.39 is 12.1 Å². The van der Waals surface area contributed by atoms with Crippen LogP contribution in [0.15, 0.2) is 18.2 Å². The highest BCUT2D eigenvalue weighted by atomic mass is 19.4. The fourth-order valence-electron chi connectivity index (χ4n) is 2.29. The molecular formula is C13H16F3N3O2. The minimum atomic E-state index is -4.82. The van der Waals surface area contributed by atoms with Gasteiger partial charge in [-0.2, -0.15) is 13.2 Å². The second kappa shape index (κ2) is 5.71.